The highest BCUT2D eigenvalue weighted by Gasteiger charge is 2.36. The highest BCUT2D eigenvalue weighted by Crippen LogP contribution is 2.41. The molecule has 206 valence electrons. The first-order valence-electron chi connectivity index (χ1n) is 13.4. The van der Waals surface area contributed by atoms with Gasteiger partial charge in [0.05, 0.1) is 17.3 Å². The molecule has 0 unspecified atom stereocenters. The van der Waals surface area contributed by atoms with E-state index in [4.69, 9.17) is 5.73 Å². The van der Waals surface area contributed by atoms with Crippen LogP contribution in [0.3, 0.4) is 0 Å². The molecule has 3 aromatic rings. The number of carbonyl (C=O) groups excluding carboxylic acids is 1. The zero-order valence-corrected chi connectivity index (χ0v) is 21.7. The lowest BCUT2D eigenvalue weighted by Crippen LogP contribution is -2.44. The van der Waals surface area contributed by atoms with Gasteiger partial charge in [-0.25, -0.2) is 18.2 Å². The molecule has 4 atom stereocenters. The molecule has 2 saturated carbocycles. The Labute approximate surface area is 225 Å². The van der Waals surface area contributed by atoms with Crippen LogP contribution in [0.2, 0.25) is 0 Å². The first-order chi connectivity index (χ1) is 18.6. The molecular formula is C30H32F3N3O3. The summed E-state index contributed by atoms with van der Waals surface area (Å²) in [5, 5.41) is 21.0. The Hall–Kier alpha value is -3.14. The molecule has 2 fully saturated rings. The number of aromatic nitrogens is 2. The second-order valence-corrected chi connectivity index (χ2v) is 11.1. The maximum atomic E-state index is 15.2. The van der Waals surface area contributed by atoms with Gasteiger partial charge < -0.3 is 15.9 Å². The van der Waals surface area contributed by atoms with Gasteiger partial charge in [0.25, 0.3) is 0 Å². The number of carbonyl (C=O) groups is 1. The number of pyridine rings is 2. The second kappa shape index (κ2) is 10.8. The van der Waals surface area contributed by atoms with Gasteiger partial charge in [-0.15, -0.1) is 0 Å². The lowest BCUT2D eigenvalue weighted by atomic mass is 9.74. The zero-order chi connectivity index (χ0) is 27.9. The van der Waals surface area contributed by atoms with E-state index in [1.54, 1.807) is 12.4 Å². The molecular weight excluding hydrogens is 507 g/mol. The number of nitrogens with zero attached hydrogens (tertiary/aromatic N) is 2. The van der Waals surface area contributed by atoms with Crippen LogP contribution in [0.5, 0.6) is 0 Å². The average molecular weight is 540 g/mol. The van der Waals surface area contributed by atoms with Gasteiger partial charge in [-0.3, -0.25) is 9.78 Å². The molecule has 1 aromatic carbocycles. The maximum Gasteiger partial charge on any atom is 0.185 e. The highest BCUT2D eigenvalue weighted by molar-refractivity contribution is 5.96. The SMILES string of the molecule is C[C@H]1C[C@@H](c2ccncc2CC(=O)c2ccc(F)c(-c3c(F)cc(C4(O)CCCC4)cc3F)n2)C[C@@H](N)[C@@H]1O. The Morgan fingerprint density at radius 1 is 1.08 bits per heavy atom. The molecule has 2 aliphatic carbocycles. The smallest absolute Gasteiger partial charge is 0.185 e. The van der Waals surface area contributed by atoms with Crippen LogP contribution in [0.1, 0.15) is 78.5 Å². The number of nitrogens with two attached hydrogens (primary N) is 1. The molecule has 6 nitrogen and oxygen atoms in total. The molecule has 2 heterocycles. The predicted octanol–water partition coefficient (Wildman–Crippen LogP) is 4.95. The van der Waals surface area contributed by atoms with Crippen LogP contribution in [-0.2, 0) is 12.0 Å². The standard InChI is InChI=1S/C30H32F3N3O3/c1-16-10-17(11-24(34)29(16)38)20-6-9-35-15-18(20)12-26(37)25-5-4-21(31)28(36-25)27-22(32)13-19(14-23(27)33)30(39)7-2-3-8-30/h4-6,9,13-17,24,29,38-39H,2-3,7-8,10-12,34H2,1H3/t16-,17+,24+,29+/m0/s1. The molecule has 2 aliphatic rings. The molecule has 5 rings (SSSR count). The fourth-order valence-electron chi connectivity index (χ4n) is 6.17. The third kappa shape index (κ3) is 5.35. The Kier molecular flexibility index (Phi) is 7.59. The minimum atomic E-state index is -1.32. The molecule has 4 N–H and O–H groups in total. The number of Topliss-reactive ketones (excluding diaryl/α,β-unsaturated/α-hetero) is 1. The third-order valence-electron chi connectivity index (χ3n) is 8.35. The van der Waals surface area contributed by atoms with Crippen molar-refractivity contribution < 1.29 is 28.2 Å². The fourth-order valence-corrected chi connectivity index (χ4v) is 6.17. The number of aliphatic hydroxyl groups is 2. The lowest BCUT2D eigenvalue weighted by molar-refractivity contribution is 0.0438. The van der Waals surface area contributed by atoms with Gasteiger partial charge in [0.15, 0.2) is 5.78 Å². The summed E-state index contributed by atoms with van der Waals surface area (Å²) in [6.45, 7) is 1.94. The minimum Gasteiger partial charge on any atom is -0.391 e. The molecule has 0 bridgehead atoms. The van der Waals surface area contributed by atoms with Crippen LogP contribution < -0.4 is 5.73 Å². The van der Waals surface area contributed by atoms with Gasteiger partial charge in [-0.1, -0.05) is 19.8 Å². The Bertz CT molecular complexity index is 1360. The molecule has 0 radical (unpaired) electrons. The quantitative estimate of drug-likeness (QED) is 0.383. The van der Waals surface area contributed by atoms with Crippen molar-refractivity contribution in [1.29, 1.82) is 0 Å². The zero-order valence-electron chi connectivity index (χ0n) is 21.7. The number of hydrogen-bond acceptors (Lipinski definition) is 6. The maximum absolute atomic E-state index is 15.2. The summed E-state index contributed by atoms with van der Waals surface area (Å²) >= 11 is 0. The van der Waals surface area contributed by atoms with Crippen molar-refractivity contribution in [1.82, 2.24) is 9.97 Å². The summed E-state index contributed by atoms with van der Waals surface area (Å²) in [7, 11) is 0. The van der Waals surface area contributed by atoms with E-state index in [0.29, 0.717) is 31.2 Å². The van der Waals surface area contributed by atoms with Crippen LogP contribution in [-0.4, -0.2) is 38.1 Å². The summed E-state index contributed by atoms with van der Waals surface area (Å²) in [6.07, 6.45) is 6.06. The van der Waals surface area contributed by atoms with Gasteiger partial charge in [-0.05, 0) is 84.5 Å². The average Bonchev–Trinajstić information content (AvgIpc) is 3.35. The van der Waals surface area contributed by atoms with E-state index in [-0.39, 0.29) is 35.6 Å². The van der Waals surface area contributed by atoms with Crippen molar-refractivity contribution in [3.05, 3.63) is 82.6 Å². The topological polar surface area (TPSA) is 109 Å². The van der Waals surface area contributed by atoms with Crippen molar-refractivity contribution in [2.75, 3.05) is 0 Å². The fraction of sp³-hybridized carbons (Fsp3) is 0.433. The lowest BCUT2D eigenvalue weighted by Gasteiger charge is -2.36. The number of halogens is 3. The van der Waals surface area contributed by atoms with Gasteiger partial charge in [-0.2, -0.15) is 0 Å². The number of rotatable bonds is 6. The molecule has 2 aromatic heterocycles. The van der Waals surface area contributed by atoms with E-state index in [1.807, 2.05) is 13.0 Å². The molecule has 0 spiro atoms. The van der Waals surface area contributed by atoms with Crippen LogP contribution >= 0.6 is 0 Å². The summed E-state index contributed by atoms with van der Waals surface area (Å²) in [6, 6.07) is 5.65. The monoisotopic (exact) mass is 539 g/mol. The number of benzene rings is 1. The summed E-state index contributed by atoms with van der Waals surface area (Å²) in [5.41, 5.74) is 5.07. The van der Waals surface area contributed by atoms with Crippen molar-refractivity contribution >= 4 is 5.78 Å². The molecule has 0 amide bonds. The molecule has 0 aliphatic heterocycles. The van der Waals surface area contributed by atoms with Crippen molar-refractivity contribution in [2.24, 2.45) is 11.7 Å². The van der Waals surface area contributed by atoms with Gasteiger partial charge >= 0.3 is 0 Å². The Morgan fingerprint density at radius 2 is 1.77 bits per heavy atom. The summed E-state index contributed by atoms with van der Waals surface area (Å²) in [5.74, 6) is -3.53. The largest absolute Gasteiger partial charge is 0.391 e. The van der Waals surface area contributed by atoms with E-state index >= 15 is 8.78 Å². The van der Waals surface area contributed by atoms with E-state index in [2.05, 4.69) is 9.97 Å². The minimum absolute atomic E-state index is 0.0117. The highest BCUT2D eigenvalue weighted by atomic mass is 19.1. The van der Waals surface area contributed by atoms with Crippen molar-refractivity contribution in [3.63, 3.8) is 0 Å². The van der Waals surface area contributed by atoms with E-state index in [1.165, 1.54) is 6.07 Å². The van der Waals surface area contributed by atoms with E-state index < -0.39 is 46.2 Å². The van der Waals surface area contributed by atoms with Crippen LogP contribution in [0.15, 0.2) is 42.7 Å². The molecule has 39 heavy (non-hydrogen) atoms. The van der Waals surface area contributed by atoms with Crippen LogP contribution in [0.25, 0.3) is 11.3 Å². The first kappa shape index (κ1) is 27.4. The van der Waals surface area contributed by atoms with Gasteiger partial charge in [0, 0.05) is 24.9 Å². The summed E-state index contributed by atoms with van der Waals surface area (Å²) in [4.78, 5) is 21.5. The van der Waals surface area contributed by atoms with E-state index in [0.717, 1.165) is 36.6 Å². The van der Waals surface area contributed by atoms with Gasteiger partial charge in [0.2, 0.25) is 0 Å². The Balaban J connectivity index is 1.43. The van der Waals surface area contributed by atoms with Gasteiger partial charge in [0.1, 0.15) is 28.8 Å². The number of ketones is 1. The number of hydrogen-bond donors (Lipinski definition) is 3. The molecule has 9 heteroatoms. The second-order valence-electron chi connectivity index (χ2n) is 11.1. The van der Waals surface area contributed by atoms with Crippen LogP contribution in [0, 0.1) is 23.4 Å². The van der Waals surface area contributed by atoms with Crippen LogP contribution in [0.4, 0.5) is 13.2 Å². The predicted molar refractivity (Wildman–Crippen MR) is 139 cm³/mol. The normalized spacial score (nSPS) is 24.6. The van der Waals surface area contributed by atoms with Crippen molar-refractivity contribution in [2.45, 2.75) is 75.5 Å². The number of aliphatic hydroxyl groups excluding tert-OH is 1. The Morgan fingerprint density at radius 3 is 2.44 bits per heavy atom. The summed E-state index contributed by atoms with van der Waals surface area (Å²) < 4.78 is 45.1. The molecule has 0 saturated heterocycles. The first-order valence-corrected chi connectivity index (χ1v) is 13.4. The third-order valence-corrected chi connectivity index (χ3v) is 8.35. The van der Waals surface area contributed by atoms with Crippen molar-refractivity contribution in [3.8, 4) is 11.3 Å². The van der Waals surface area contributed by atoms with E-state index in [9.17, 15) is 19.4 Å².